The van der Waals surface area contributed by atoms with Gasteiger partial charge in [0.05, 0.1) is 14.2 Å². The fourth-order valence-corrected chi connectivity index (χ4v) is 2.53. The number of methoxy groups -OCH3 is 2. The van der Waals surface area contributed by atoms with Crippen molar-refractivity contribution in [3.8, 4) is 11.5 Å². The number of rotatable bonds is 6. The third-order valence-electron chi connectivity index (χ3n) is 4.11. The first-order valence-electron chi connectivity index (χ1n) is 8.60. The summed E-state index contributed by atoms with van der Waals surface area (Å²) in [6, 6.07) is 20.6. The summed E-state index contributed by atoms with van der Waals surface area (Å²) in [5.41, 5.74) is 2.27. The van der Waals surface area contributed by atoms with Crippen LogP contribution >= 0.6 is 0 Å². The first kappa shape index (κ1) is 19.0. The Hall–Kier alpha value is -3.80. The van der Waals surface area contributed by atoms with E-state index in [1.165, 1.54) is 0 Å². The number of amides is 2. The van der Waals surface area contributed by atoms with Crippen molar-refractivity contribution >= 4 is 23.2 Å². The lowest BCUT2D eigenvalue weighted by atomic mass is 10.1. The number of carbonyl (C=O) groups is 2. The Labute approximate surface area is 163 Å². The van der Waals surface area contributed by atoms with Gasteiger partial charge in [0.15, 0.2) is 0 Å². The van der Waals surface area contributed by atoms with E-state index < -0.39 is 0 Å². The van der Waals surface area contributed by atoms with Crippen molar-refractivity contribution in [1.82, 2.24) is 0 Å². The number of ether oxygens (including phenoxy) is 2. The molecule has 0 atom stereocenters. The maximum atomic E-state index is 12.3. The highest BCUT2D eigenvalue weighted by Crippen LogP contribution is 2.17. The lowest BCUT2D eigenvalue weighted by Crippen LogP contribution is -2.13. The van der Waals surface area contributed by atoms with E-state index in [0.717, 1.165) is 5.75 Å². The van der Waals surface area contributed by atoms with E-state index in [1.807, 2.05) is 0 Å². The van der Waals surface area contributed by atoms with Crippen LogP contribution in [0.4, 0.5) is 11.4 Å². The van der Waals surface area contributed by atoms with Gasteiger partial charge in [-0.25, -0.2) is 0 Å². The highest BCUT2D eigenvalue weighted by atomic mass is 16.5. The standard InChI is InChI=1S/C22H20N2O4/c1-27-19-11-5-16(6-12-19)22(26)23-17-7-3-15(4-8-17)21(25)24-18-9-13-20(28-2)14-10-18/h3-14H,1-2H3,(H,23,26)(H,24,25). The molecule has 28 heavy (non-hydrogen) atoms. The number of carbonyl (C=O) groups excluding carboxylic acids is 2. The fraction of sp³-hybridized carbons (Fsp3) is 0.0909. The number of anilines is 2. The number of hydrogen-bond donors (Lipinski definition) is 2. The molecule has 2 N–H and O–H groups in total. The first-order valence-corrected chi connectivity index (χ1v) is 8.60. The van der Waals surface area contributed by atoms with Gasteiger partial charge in [-0.2, -0.15) is 0 Å². The van der Waals surface area contributed by atoms with E-state index >= 15 is 0 Å². The van der Waals surface area contributed by atoms with Gasteiger partial charge in [0.2, 0.25) is 0 Å². The SMILES string of the molecule is COc1ccc(NC(=O)c2ccc(NC(=O)c3ccc(OC)cc3)cc2)cc1. The molecule has 0 aliphatic heterocycles. The first-order chi connectivity index (χ1) is 13.6. The lowest BCUT2D eigenvalue weighted by molar-refractivity contribution is 0.102. The van der Waals surface area contributed by atoms with Crippen LogP contribution in [0.1, 0.15) is 20.7 Å². The summed E-state index contributed by atoms with van der Waals surface area (Å²) in [5.74, 6) is 0.926. The maximum Gasteiger partial charge on any atom is 0.255 e. The molecular formula is C22H20N2O4. The summed E-state index contributed by atoms with van der Waals surface area (Å²) >= 11 is 0. The van der Waals surface area contributed by atoms with Gasteiger partial charge in [-0.05, 0) is 72.8 Å². The number of hydrogen-bond acceptors (Lipinski definition) is 4. The molecule has 0 unspecified atom stereocenters. The second-order valence-electron chi connectivity index (χ2n) is 5.94. The van der Waals surface area contributed by atoms with Crippen molar-refractivity contribution < 1.29 is 19.1 Å². The summed E-state index contributed by atoms with van der Waals surface area (Å²) < 4.78 is 10.2. The van der Waals surface area contributed by atoms with Gasteiger partial charge in [-0.3, -0.25) is 9.59 Å². The maximum absolute atomic E-state index is 12.3. The van der Waals surface area contributed by atoms with Crippen molar-refractivity contribution in [3.05, 3.63) is 83.9 Å². The smallest absolute Gasteiger partial charge is 0.255 e. The molecule has 0 aromatic heterocycles. The molecule has 3 aromatic rings. The molecule has 0 aliphatic carbocycles. The number of nitrogens with one attached hydrogen (secondary N) is 2. The Bertz CT molecular complexity index is 949. The minimum absolute atomic E-state index is 0.238. The van der Waals surface area contributed by atoms with Crippen LogP contribution < -0.4 is 20.1 Å². The van der Waals surface area contributed by atoms with E-state index in [1.54, 1.807) is 87.0 Å². The fourth-order valence-electron chi connectivity index (χ4n) is 2.53. The Morgan fingerprint density at radius 2 is 0.893 bits per heavy atom. The van der Waals surface area contributed by atoms with Crippen LogP contribution in [0.5, 0.6) is 11.5 Å². The van der Waals surface area contributed by atoms with Crippen LogP contribution in [-0.2, 0) is 0 Å². The summed E-state index contributed by atoms with van der Waals surface area (Å²) in [6.45, 7) is 0. The molecule has 3 rings (SSSR count). The predicted molar refractivity (Wildman–Crippen MR) is 108 cm³/mol. The molecule has 0 radical (unpaired) electrons. The van der Waals surface area contributed by atoms with Gasteiger partial charge in [-0.15, -0.1) is 0 Å². The molecule has 0 spiro atoms. The third kappa shape index (κ3) is 4.67. The molecule has 0 saturated heterocycles. The van der Waals surface area contributed by atoms with Crippen molar-refractivity contribution in [2.45, 2.75) is 0 Å². The molecule has 2 amide bonds. The van der Waals surface area contributed by atoms with Gasteiger partial charge < -0.3 is 20.1 Å². The molecule has 3 aromatic carbocycles. The molecular weight excluding hydrogens is 356 g/mol. The van der Waals surface area contributed by atoms with Gasteiger partial charge in [-0.1, -0.05) is 0 Å². The van der Waals surface area contributed by atoms with E-state index in [0.29, 0.717) is 28.3 Å². The highest BCUT2D eigenvalue weighted by molar-refractivity contribution is 6.06. The largest absolute Gasteiger partial charge is 0.497 e. The zero-order valence-corrected chi connectivity index (χ0v) is 15.6. The summed E-state index contributed by atoms with van der Waals surface area (Å²) in [7, 11) is 3.16. The van der Waals surface area contributed by atoms with E-state index in [4.69, 9.17) is 9.47 Å². The lowest BCUT2D eigenvalue weighted by Gasteiger charge is -2.08. The summed E-state index contributed by atoms with van der Waals surface area (Å²) in [5, 5.41) is 5.61. The second-order valence-corrected chi connectivity index (χ2v) is 5.94. The van der Waals surface area contributed by atoms with E-state index in [9.17, 15) is 9.59 Å². The minimum Gasteiger partial charge on any atom is -0.497 e. The monoisotopic (exact) mass is 376 g/mol. The molecule has 6 heteroatoms. The Morgan fingerprint density at radius 3 is 1.29 bits per heavy atom. The average Bonchev–Trinajstić information content (AvgIpc) is 2.74. The van der Waals surface area contributed by atoms with Crippen molar-refractivity contribution in [3.63, 3.8) is 0 Å². The minimum atomic E-state index is -0.238. The van der Waals surface area contributed by atoms with Gasteiger partial charge in [0.25, 0.3) is 11.8 Å². The van der Waals surface area contributed by atoms with Crippen LogP contribution in [0.2, 0.25) is 0 Å². The highest BCUT2D eigenvalue weighted by Gasteiger charge is 2.09. The Kier molecular flexibility index (Phi) is 5.91. The van der Waals surface area contributed by atoms with E-state index in [2.05, 4.69) is 10.6 Å². The van der Waals surface area contributed by atoms with Gasteiger partial charge in [0.1, 0.15) is 11.5 Å². The topological polar surface area (TPSA) is 76.7 Å². The molecule has 0 saturated carbocycles. The summed E-state index contributed by atoms with van der Waals surface area (Å²) in [6.07, 6.45) is 0. The molecule has 0 bridgehead atoms. The van der Waals surface area contributed by atoms with Gasteiger partial charge in [0, 0.05) is 22.5 Å². The molecule has 0 aliphatic rings. The van der Waals surface area contributed by atoms with Crippen molar-refractivity contribution in [2.75, 3.05) is 24.9 Å². The van der Waals surface area contributed by atoms with Crippen LogP contribution in [0.3, 0.4) is 0 Å². The molecule has 0 heterocycles. The van der Waals surface area contributed by atoms with Crippen LogP contribution in [0, 0.1) is 0 Å². The Morgan fingerprint density at radius 1 is 0.571 bits per heavy atom. The van der Waals surface area contributed by atoms with Crippen LogP contribution in [-0.4, -0.2) is 26.0 Å². The zero-order valence-electron chi connectivity index (χ0n) is 15.6. The van der Waals surface area contributed by atoms with Crippen LogP contribution in [0.15, 0.2) is 72.8 Å². The normalized spacial score (nSPS) is 10.1. The average molecular weight is 376 g/mol. The summed E-state index contributed by atoms with van der Waals surface area (Å²) in [4.78, 5) is 24.6. The molecule has 0 fully saturated rings. The predicted octanol–water partition coefficient (Wildman–Crippen LogP) is 4.21. The van der Waals surface area contributed by atoms with Crippen molar-refractivity contribution in [2.24, 2.45) is 0 Å². The van der Waals surface area contributed by atoms with Crippen molar-refractivity contribution in [1.29, 1.82) is 0 Å². The van der Waals surface area contributed by atoms with Crippen LogP contribution in [0.25, 0.3) is 0 Å². The zero-order chi connectivity index (χ0) is 19.9. The quantitative estimate of drug-likeness (QED) is 0.676. The van der Waals surface area contributed by atoms with E-state index in [-0.39, 0.29) is 11.8 Å². The third-order valence-corrected chi connectivity index (χ3v) is 4.11. The Balaban J connectivity index is 1.61. The molecule has 142 valence electrons. The van der Waals surface area contributed by atoms with Gasteiger partial charge >= 0.3 is 0 Å². The molecule has 6 nitrogen and oxygen atoms in total. The second kappa shape index (κ2) is 8.73. The number of benzene rings is 3.